The van der Waals surface area contributed by atoms with E-state index < -0.39 is 11.6 Å². The fourth-order valence-corrected chi connectivity index (χ4v) is 3.66. The molecule has 2 atom stereocenters. The fraction of sp³-hybridized carbons (Fsp3) is 0.190. The highest BCUT2D eigenvalue weighted by Gasteiger charge is 2.20. The predicted molar refractivity (Wildman–Crippen MR) is 102 cm³/mol. The van der Waals surface area contributed by atoms with Crippen LogP contribution in [0.5, 0.6) is 0 Å². The Balaban J connectivity index is 1.63. The zero-order valence-corrected chi connectivity index (χ0v) is 15.7. The van der Waals surface area contributed by atoms with Crippen molar-refractivity contribution in [2.45, 2.75) is 19.0 Å². The number of halogens is 2. The van der Waals surface area contributed by atoms with Crippen LogP contribution in [0.15, 0.2) is 66.0 Å². The molecule has 1 amide bonds. The van der Waals surface area contributed by atoms with Gasteiger partial charge >= 0.3 is 0 Å². The van der Waals surface area contributed by atoms with E-state index in [0.717, 1.165) is 16.5 Å². The molecule has 3 aromatic rings. The molecule has 3 nitrogen and oxygen atoms in total. The van der Waals surface area contributed by atoms with Crippen LogP contribution in [-0.2, 0) is 4.79 Å². The van der Waals surface area contributed by atoms with Gasteiger partial charge in [0.2, 0.25) is 0 Å². The van der Waals surface area contributed by atoms with Crippen molar-refractivity contribution in [2.75, 3.05) is 6.54 Å². The summed E-state index contributed by atoms with van der Waals surface area (Å²) in [5, 5.41) is 6.85. The Bertz CT molecular complexity index is 884. The van der Waals surface area contributed by atoms with E-state index in [4.69, 9.17) is 0 Å². The normalized spacial score (nSPS) is 13.1. The van der Waals surface area contributed by atoms with E-state index in [9.17, 15) is 13.6 Å². The Labute approximate surface area is 161 Å². The molecular weight excluding hydrogens is 366 g/mol. The van der Waals surface area contributed by atoms with Gasteiger partial charge in [-0.05, 0) is 42.1 Å². The van der Waals surface area contributed by atoms with Gasteiger partial charge in [-0.1, -0.05) is 36.4 Å². The Morgan fingerprint density at radius 3 is 2.48 bits per heavy atom. The molecule has 0 radical (unpaired) electrons. The third-order valence-corrected chi connectivity index (χ3v) is 5.33. The highest BCUT2D eigenvalue weighted by atomic mass is 32.1. The Morgan fingerprint density at radius 1 is 1.04 bits per heavy atom. The molecule has 3 N–H and O–H groups in total. The molecule has 0 saturated carbocycles. The van der Waals surface area contributed by atoms with Crippen LogP contribution in [0.1, 0.15) is 35.0 Å². The molecule has 0 spiro atoms. The lowest BCUT2D eigenvalue weighted by Gasteiger charge is -2.18. The number of nitrogens with two attached hydrogens (primary N) is 1. The summed E-state index contributed by atoms with van der Waals surface area (Å²) in [4.78, 5) is 13.6. The molecule has 0 fully saturated rings. The zero-order valence-electron chi connectivity index (χ0n) is 14.9. The van der Waals surface area contributed by atoms with Crippen molar-refractivity contribution in [1.29, 1.82) is 0 Å². The Hall–Kier alpha value is -2.57. The molecule has 0 saturated heterocycles. The van der Waals surface area contributed by atoms with Gasteiger partial charge in [-0.15, -0.1) is 11.3 Å². The topological polar surface area (TPSA) is 45.7 Å². The van der Waals surface area contributed by atoms with Gasteiger partial charge in [-0.25, -0.2) is 8.78 Å². The van der Waals surface area contributed by atoms with Gasteiger partial charge < -0.3 is 10.6 Å². The minimum absolute atomic E-state index is 0.119. The third kappa shape index (κ3) is 4.99. The van der Waals surface area contributed by atoms with E-state index >= 15 is 0 Å². The van der Waals surface area contributed by atoms with Crippen LogP contribution < -0.4 is 10.6 Å². The Morgan fingerprint density at radius 2 is 1.81 bits per heavy atom. The molecule has 1 aromatic heterocycles. The van der Waals surface area contributed by atoms with Crippen molar-refractivity contribution in [3.63, 3.8) is 0 Å². The van der Waals surface area contributed by atoms with E-state index in [1.165, 1.54) is 12.1 Å². The molecule has 27 heavy (non-hydrogen) atoms. The molecule has 0 unspecified atom stereocenters. The summed E-state index contributed by atoms with van der Waals surface area (Å²) < 4.78 is 26.5. The van der Waals surface area contributed by atoms with Crippen molar-refractivity contribution in [2.24, 2.45) is 0 Å². The maximum Gasteiger partial charge on any atom is 0.275 e. The van der Waals surface area contributed by atoms with Crippen LogP contribution in [0, 0.1) is 11.6 Å². The molecule has 0 bridgehead atoms. The molecule has 3 rings (SSSR count). The SMILES string of the molecule is C[C@@H]([NH2+]CC(=O)N[C@H](c1ccccc1)c1cccs1)c1ccc(F)c(F)c1. The number of rotatable bonds is 7. The second-order valence-electron chi connectivity index (χ2n) is 6.33. The second kappa shape index (κ2) is 8.88. The summed E-state index contributed by atoms with van der Waals surface area (Å²) in [6, 6.07) is 17.2. The molecular formula is C21H21F2N2OS+. The minimum Gasteiger partial charge on any atom is -0.339 e. The van der Waals surface area contributed by atoms with E-state index in [2.05, 4.69) is 5.32 Å². The summed E-state index contributed by atoms with van der Waals surface area (Å²) in [6.45, 7) is 2.04. The van der Waals surface area contributed by atoms with Crippen LogP contribution in [0.4, 0.5) is 8.78 Å². The van der Waals surface area contributed by atoms with Crippen molar-refractivity contribution in [3.8, 4) is 0 Å². The van der Waals surface area contributed by atoms with Gasteiger partial charge in [0, 0.05) is 10.4 Å². The highest BCUT2D eigenvalue weighted by molar-refractivity contribution is 7.10. The van der Waals surface area contributed by atoms with Gasteiger partial charge in [0.25, 0.3) is 5.91 Å². The number of thiophene rings is 1. The van der Waals surface area contributed by atoms with Crippen LogP contribution in [0.2, 0.25) is 0 Å². The monoisotopic (exact) mass is 387 g/mol. The van der Waals surface area contributed by atoms with Crippen LogP contribution in [0.3, 0.4) is 0 Å². The van der Waals surface area contributed by atoms with E-state index in [0.29, 0.717) is 5.56 Å². The second-order valence-corrected chi connectivity index (χ2v) is 7.31. The first-order chi connectivity index (χ1) is 13.0. The average molecular weight is 387 g/mol. The number of benzene rings is 2. The molecule has 0 aliphatic heterocycles. The summed E-state index contributed by atoms with van der Waals surface area (Å²) in [5.41, 5.74) is 1.65. The fourth-order valence-electron chi connectivity index (χ4n) is 2.86. The number of carbonyl (C=O) groups excluding carboxylic acids is 1. The quantitative estimate of drug-likeness (QED) is 0.640. The summed E-state index contributed by atoms with van der Waals surface area (Å²) in [7, 11) is 0. The van der Waals surface area contributed by atoms with Gasteiger partial charge in [-0.2, -0.15) is 0 Å². The first-order valence-electron chi connectivity index (χ1n) is 8.70. The lowest BCUT2D eigenvalue weighted by molar-refractivity contribution is -0.682. The van der Waals surface area contributed by atoms with Crippen LogP contribution in [0.25, 0.3) is 0 Å². The summed E-state index contributed by atoms with van der Waals surface area (Å²) in [5.74, 6) is -1.86. The van der Waals surface area contributed by atoms with Gasteiger partial charge in [0.1, 0.15) is 6.04 Å². The van der Waals surface area contributed by atoms with Gasteiger partial charge in [0.05, 0.1) is 6.04 Å². The highest BCUT2D eigenvalue weighted by Crippen LogP contribution is 2.25. The lowest BCUT2D eigenvalue weighted by Crippen LogP contribution is -2.87. The summed E-state index contributed by atoms with van der Waals surface area (Å²) >= 11 is 1.59. The predicted octanol–water partition coefficient (Wildman–Crippen LogP) is 3.56. The van der Waals surface area contributed by atoms with E-state index in [-0.39, 0.29) is 24.5 Å². The van der Waals surface area contributed by atoms with E-state index in [1.807, 2.05) is 54.8 Å². The number of carbonyl (C=O) groups is 1. The van der Waals surface area contributed by atoms with Crippen molar-refractivity contribution in [1.82, 2.24) is 5.32 Å². The number of hydrogen-bond donors (Lipinski definition) is 2. The Kier molecular flexibility index (Phi) is 6.32. The average Bonchev–Trinajstić information content (AvgIpc) is 3.21. The van der Waals surface area contributed by atoms with Crippen LogP contribution in [-0.4, -0.2) is 12.5 Å². The first kappa shape index (κ1) is 19.2. The first-order valence-corrected chi connectivity index (χ1v) is 9.58. The maximum absolute atomic E-state index is 13.4. The lowest BCUT2D eigenvalue weighted by atomic mass is 10.1. The van der Waals surface area contributed by atoms with Crippen molar-refractivity contribution in [3.05, 3.63) is 93.7 Å². The molecule has 1 heterocycles. The molecule has 6 heteroatoms. The summed E-state index contributed by atoms with van der Waals surface area (Å²) in [6.07, 6.45) is 0. The van der Waals surface area contributed by atoms with E-state index in [1.54, 1.807) is 16.7 Å². The molecule has 0 aliphatic rings. The van der Waals surface area contributed by atoms with Gasteiger partial charge in [-0.3, -0.25) is 4.79 Å². The number of nitrogens with one attached hydrogen (secondary N) is 1. The third-order valence-electron chi connectivity index (χ3n) is 4.39. The molecule has 0 aliphatic carbocycles. The smallest absolute Gasteiger partial charge is 0.275 e. The van der Waals surface area contributed by atoms with Crippen molar-refractivity contribution >= 4 is 17.2 Å². The standard InChI is InChI=1S/C21H20F2N2OS/c1-14(16-9-10-17(22)18(23)12-16)24-13-20(26)25-21(19-8-5-11-27-19)15-6-3-2-4-7-15/h2-12,14,21,24H,13H2,1H3,(H,25,26)/p+1/t14-,21-/m1/s1. The maximum atomic E-state index is 13.4. The molecule has 140 valence electrons. The largest absolute Gasteiger partial charge is 0.339 e. The number of hydrogen-bond acceptors (Lipinski definition) is 2. The van der Waals surface area contributed by atoms with Gasteiger partial charge in [0.15, 0.2) is 18.2 Å². The molecule has 2 aromatic carbocycles. The van der Waals surface area contributed by atoms with Crippen LogP contribution >= 0.6 is 11.3 Å². The zero-order chi connectivity index (χ0) is 19.2. The number of amides is 1. The minimum atomic E-state index is -0.876. The number of quaternary nitrogens is 1. The van der Waals surface area contributed by atoms with Crippen molar-refractivity contribution < 1.29 is 18.9 Å².